The van der Waals surface area contributed by atoms with Gasteiger partial charge in [0.05, 0.1) is 17.8 Å². The number of halogens is 4. The van der Waals surface area contributed by atoms with Crippen LogP contribution >= 0.6 is 11.8 Å². The quantitative estimate of drug-likeness (QED) is 0.0694. The fraction of sp³-hybridized carbons (Fsp3) is 0.439. The van der Waals surface area contributed by atoms with E-state index in [9.17, 15) is 22.4 Å². The van der Waals surface area contributed by atoms with Crippen LogP contribution in [0.25, 0.3) is 11.1 Å². The molecule has 0 saturated carbocycles. The summed E-state index contributed by atoms with van der Waals surface area (Å²) in [6.45, 7) is 11.9. The third-order valence-electron chi connectivity index (χ3n) is 10.5. The number of aromatic nitrogens is 4. The Morgan fingerprint density at radius 3 is 2.30 bits per heavy atom. The Hall–Kier alpha value is -4.00. The van der Waals surface area contributed by atoms with E-state index < -0.39 is 11.7 Å². The Bertz CT molecular complexity index is 1980. The maximum atomic E-state index is 13.9. The summed E-state index contributed by atoms with van der Waals surface area (Å²) >= 11 is 1.54. The zero-order chi connectivity index (χ0) is 37.7. The molecule has 2 heterocycles. The fourth-order valence-electron chi connectivity index (χ4n) is 7.14. The van der Waals surface area contributed by atoms with Gasteiger partial charge in [0.1, 0.15) is 11.7 Å². The van der Waals surface area contributed by atoms with Crippen LogP contribution in [0.5, 0.6) is 0 Å². The molecule has 12 heteroatoms. The average Bonchev–Trinajstić information content (AvgIpc) is 3.78. The number of imidazole rings is 1. The first kappa shape index (κ1) is 38.7. The molecule has 2 aromatic heterocycles. The van der Waals surface area contributed by atoms with Crippen molar-refractivity contribution in [1.82, 2.24) is 28.9 Å². The molecule has 0 aliphatic heterocycles. The largest absolute Gasteiger partial charge is 0.416 e. The highest BCUT2D eigenvalue weighted by atomic mass is 32.2. The molecule has 0 radical (unpaired) electrons. The minimum absolute atomic E-state index is 0.0351. The van der Waals surface area contributed by atoms with E-state index in [1.165, 1.54) is 30.0 Å². The van der Waals surface area contributed by atoms with Gasteiger partial charge in [-0.05, 0) is 92.2 Å². The smallest absolute Gasteiger partial charge is 0.325 e. The van der Waals surface area contributed by atoms with Crippen LogP contribution in [0.1, 0.15) is 61.1 Å². The topological polar surface area (TPSA) is 59.2 Å². The van der Waals surface area contributed by atoms with E-state index in [2.05, 4.69) is 44.8 Å². The molecule has 7 nitrogen and oxygen atoms in total. The summed E-state index contributed by atoms with van der Waals surface area (Å²) in [7, 11) is 2.12. The molecule has 0 fully saturated rings. The Morgan fingerprint density at radius 2 is 1.64 bits per heavy atom. The van der Waals surface area contributed by atoms with Crippen LogP contribution in [0.3, 0.4) is 0 Å². The molecule has 0 N–H and O–H groups in total. The SMILES string of the molecule is CCN(CC)CCN(C)Cc1cnc(Cn2c(SCC3C=CC(F)=CC3C)nc(=O)c3c2CCC3)n1Cc1ccc(-c2ccc(C(F)(F)F)cc2)cc1. The second-order valence-corrected chi connectivity index (χ2v) is 15.1. The van der Waals surface area contributed by atoms with Gasteiger partial charge in [0.25, 0.3) is 5.56 Å². The predicted molar refractivity (Wildman–Crippen MR) is 204 cm³/mol. The molecule has 2 atom stereocenters. The van der Waals surface area contributed by atoms with Crippen LogP contribution in [-0.4, -0.2) is 67.9 Å². The molecular formula is C41H48F4N6OS. The number of benzene rings is 2. The third-order valence-corrected chi connectivity index (χ3v) is 11.6. The third kappa shape index (κ3) is 9.39. The van der Waals surface area contributed by atoms with Gasteiger partial charge >= 0.3 is 6.18 Å². The molecule has 53 heavy (non-hydrogen) atoms. The van der Waals surface area contributed by atoms with Crippen LogP contribution in [0.15, 0.2) is 88.7 Å². The highest BCUT2D eigenvalue weighted by Crippen LogP contribution is 2.33. The van der Waals surface area contributed by atoms with E-state index in [4.69, 9.17) is 4.98 Å². The summed E-state index contributed by atoms with van der Waals surface area (Å²) in [4.78, 5) is 27.5. The van der Waals surface area contributed by atoms with Crippen LogP contribution in [-0.2, 0) is 38.7 Å². The van der Waals surface area contributed by atoms with Crippen LogP contribution in [0.4, 0.5) is 17.6 Å². The first-order valence-electron chi connectivity index (χ1n) is 18.4. The number of likely N-dealkylation sites (N-methyl/N-ethyl adjacent to an activating group) is 2. The summed E-state index contributed by atoms with van der Waals surface area (Å²) in [6, 6.07) is 13.2. The Morgan fingerprint density at radius 1 is 0.943 bits per heavy atom. The lowest BCUT2D eigenvalue weighted by Crippen LogP contribution is -2.33. The Kier molecular flexibility index (Phi) is 12.4. The van der Waals surface area contributed by atoms with Gasteiger partial charge in [-0.15, -0.1) is 0 Å². The lowest BCUT2D eigenvalue weighted by molar-refractivity contribution is -0.137. The monoisotopic (exact) mass is 748 g/mol. The molecule has 2 unspecified atom stereocenters. The van der Waals surface area contributed by atoms with Gasteiger partial charge in [0.2, 0.25) is 0 Å². The van der Waals surface area contributed by atoms with Gasteiger partial charge in [-0.25, -0.2) is 9.37 Å². The molecule has 0 spiro atoms. The number of allylic oxidation sites excluding steroid dienone is 4. The summed E-state index contributed by atoms with van der Waals surface area (Å²) in [5.41, 5.74) is 4.60. The lowest BCUT2D eigenvalue weighted by atomic mass is 9.91. The summed E-state index contributed by atoms with van der Waals surface area (Å²) in [5.74, 6) is 1.44. The highest BCUT2D eigenvalue weighted by molar-refractivity contribution is 7.99. The van der Waals surface area contributed by atoms with Gasteiger partial charge in [-0.2, -0.15) is 18.2 Å². The number of fused-ring (bicyclic) bond motifs is 1. The second-order valence-electron chi connectivity index (χ2n) is 14.1. The second kappa shape index (κ2) is 17.0. The molecule has 6 rings (SSSR count). The summed E-state index contributed by atoms with van der Waals surface area (Å²) < 4.78 is 57.7. The minimum atomic E-state index is -4.38. The molecule has 2 aromatic carbocycles. The van der Waals surface area contributed by atoms with E-state index in [0.717, 1.165) is 85.1 Å². The van der Waals surface area contributed by atoms with E-state index in [-0.39, 0.29) is 23.2 Å². The van der Waals surface area contributed by atoms with E-state index in [0.29, 0.717) is 42.5 Å². The Balaban J connectivity index is 1.29. The van der Waals surface area contributed by atoms with Crippen molar-refractivity contribution in [3.05, 3.63) is 123 Å². The van der Waals surface area contributed by atoms with Crippen molar-refractivity contribution in [2.75, 3.05) is 39.0 Å². The Labute approximate surface area is 313 Å². The van der Waals surface area contributed by atoms with Crippen molar-refractivity contribution in [3.63, 3.8) is 0 Å². The lowest BCUT2D eigenvalue weighted by Gasteiger charge is -2.24. The molecular weight excluding hydrogens is 701 g/mol. The number of nitrogens with zero attached hydrogens (tertiary/aromatic N) is 6. The zero-order valence-electron chi connectivity index (χ0n) is 30.9. The van der Waals surface area contributed by atoms with Crippen LogP contribution in [0.2, 0.25) is 0 Å². The van der Waals surface area contributed by atoms with Gasteiger partial charge in [0, 0.05) is 49.4 Å². The molecule has 0 saturated heterocycles. The van der Waals surface area contributed by atoms with E-state index >= 15 is 0 Å². The van der Waals surface area contributed by atoms with Crippen molar-refractivity contribution in [2.24, 2.45) is 11.8 Å². The maximum absolute atomic E-state index is 13.9. The average molecular weight is 749 g/mol. The first-order valence-corrected chi connectivity index (χ1v) is 19.4. The first-order chi connectivity index (χ1) is 25.4. The predicted octanol–water partition coefficient (Wildman–Crippen LogP) is 8.25. The number of hydrogen-bond acceptors (Lipinski definition) is 6. The number of alkyl halides is 3. The molecule has 0 amide bonds. The number of rotatable bonds is 15. The molecule has 4 aromatic rings. The van der Waals surface area contributed by atoms with Crippen molar-refractivity contribution in [1.29, 1.82) is 0 Å². The molecule has 0 bridgehead atoms. The molecule has 2 aliphatic carbocycles. The highest BCUT2D eigenvalue weighted by Gasteiger charge is 2.30. The van der Waals surface area contributed by atoms with Crippen LogP contribution < -0.4 is 5.56 Å². The summed E-state index contributed by atoms with van der Waals surface area (Å²) in [6.07, 6.45) is 5.03. The van der Waals surface area contributed by atoms with Crippen molar-refractivity contribution in [2.45, 2.75) is 71.0 Å². The number of hydrogen-bond donors (Lipinski definition) is 0. The minimum Gasteiger partial charge on any atom is -0.325 e. The zero-order valence-corrected chi connectivity index (χ0v) is 31.7. The van der Waals surface area contributed by atoms with Crippen LogP contribution in [0, 0.1) is 11.8 Å². The van der Waals surface area contributed by atoms with Gasteiger partial charge < -0.3 is 14.0 Å². The molecule has 2 aliphatic rings. The number of thioether (sulfide) groups is 1. The van der Waals surface area contributed by atoms with Gasteiger partial charge in [0.15, 0.2) is 5.16 Å². The maximum Gasteiger partial charge on any atom is 0.416 e. The van der Waals surface area contributed by atoms with Crippen molar-refractivity contribution >= 4 is 11.8 Å². The van der Waals surface area contributed by atoms with E-state index in [1.54, 1.807) is 6.08 Å². The summed E-state index contributed by atoms with van der Waals surface area (Å²) in [5, 5.41) is 0.652. The molecule has 282 valence electrons. The fourth-order valence-corrected chi connectivity index (χ4v) is 8.38. The van der Waals surface area contributed by atoms with Gasteiger partial charge in [-0.1, -0.05) is 75.0 Å². The van der Waals surface area contributed by atoms with Crippen molar-refractivity contribution in [3.8, 4) is 11.1 Å². The normalized spacial score (nSPS) is 17.2. The van der Waals surface area contributed by atoms with Gasteiger partial charge in [-0.3, -0.25) is 9.69 Å². The standard InChI is InChI=1S/C41H48F4N6OS/c1-5-49(6-2)21-20-48(4)25-35-23-46-38(50(35)24-29-10-12-30(13-11-29)31-14-17-33(18-15-31)41(43,44)45)26-51-37-9-7-8-36(37)39(52)47-40(51)53-27-32-16-19-34(42)22-28(32)3/h10-19,22-23,28,32H,5-9,20-21,24-27H2,1-4H3. The van der Waals surface area contributed by atoms with E-state index in [1.807, 2.05) is 43.5 Å². The van der Waals surface area contributed by atoms with Crippen molar-refractivity contribution < 1.29 is 17.6 Å².